The van der Waals surface area contributed by atoms with Gasteiger partial charge < -0.3 is 5.11 Å². The summed E-state index contributed by atoms with van der Waals surface area (Å²) in [6.07, 6.45) is 0.291. The maximum atomic E-state index is 13.1. The lowest BCUT2D eigenvalue weighted by molar-refractivity contribution is -0.136. The highest BCUT2D eigenvalue weighted by Crippen LogP contribution is 2.24. The van der Waals surface area contributed by atoms with E-state index in [9.17, 15) is 18.4 Å². The molecule has 0 atom stereocenters. The Bertz CT molecular complexity index is 731. The minimum Gasteiger partial charge on any atom is -0.481 e. The number of thiazole rings is 1. The Kier molecular flexibility index (Phi) is 4.81. The number of benzene rings is 1. The summed E-state index contributed by atoms with van der Waals surface area (Å²) in [6.45, 7) is 1.71. The molecule has 0 saturated carbocycles. The Morgan fingerprint density at radius 1 is 1.32 bits per heavy atom. The molecule has 0 aliphatic carbocycles. The Balaban J connectivity index is 2.09. The van der Waals surface area contributed by atoms with Gasteiger partial charge in [-0.05, 0) is 31.5 Å². The zero-order valence-corrected chi connectivity index (χ0v) is 12.3. The van der Waals surface area contributed by atoms with Gasteiger partial charge in [-0.25, -0.2) is 13.8 Å². The number of nitrogens with zero attached hydrogens (tertiary/aromatic N) is 1. The molecule has 0 saturated heterocycles. The molecule has 2 N–H and O–H groups in total. The number of amides is 1. The molecule has 1 aromatic carbocycles. The number of aliphatic carboxylic acids is 1. The molecule has 8 heteroatoms. The highest BCUT2D eigenvalue weighted by atomic mass is 32.1. The molecule has 1 heterocycles. The van der Waals surface area contributed by atoms with Crippen LogP contribution in [-0.2, 0) is 11.2 Å². The fourth-order valence-electron chi connectivity index (χ4n) is 1.74. The first-order valence-electron chi connectivity index (χ1n) is 6.31. The fraction of sp³-hybridized carbons (Fsp3) is 0.214. The molecule has 0 aliphatic heterocycles. The number of carboxylic acids is 1. The molecule has 0 bridgehead atoms. The predicted octanol–water partition coefficient (Wildman–Crippen LogP) is 3.00. The molecule has 116 valence electrons. The van der Waals surface area contributed by atoms with E-state index in [0.717, 1.165) is 28.3 Å². The van der Waals surface area contributed by atoms with E-state index in [1.165, 1.54) is 6.07 Å². The zero-order chi connectivity index (χ0) is 16.3. The van der Waals surface area contributed by atoms with Crippen molar-refractivity contribution in [3.8, 4) is 0 Å². The van der Waals surface area contributed by atoms with Crippen LogP contribution in [-0.4, -0.2) is 22.0 Å². The molecule has 0 unspecified atom stereocenters. The lowest BCUT2D eigenvalue weighted by atomic mass is 10.2. The molecule has 0 aliphatic rings. The van der Waals surface area contributed by atoms with Crippen LogP contribution in [0.3, 0.4) is 0 Å². The van der Waals surface area contributed by atoms with Crippen molar-refractivity contribution in [2.75, 3.05) is 5.32 Å². The van der Waals surface area contributed by atoms with Crippen LogP contribution in [0.15, 0.2) is 18.2 Å². The molecular formula is C14H12F2N2O3S. The number of halogens is 2. The van der Waals surface area contributed by atoms with Crippen molar-refractivity contribution in [3.05, 3.63) is 46.0 Å². The summed E-state index contributed by atoms with van der Waals surface area (Å²) in [6, 6.07) is 2.84. The van der Waals surface area contributed by atoms with Crippen molar-refractivity contribution < 1.29 is 23.5 Å². The highest BCUT2D eigenvalue weighted by molar-refractivity contribution is 7.15. The average molecular weight is 326 g/mol. The first-order valence-corrected chi connectivity index (χ1v) is 7.13. The van der Waals surface area contributed by atoms with Crippen molar-refractivity contribution in [2.24, 2.45) is 0 Å². The number of carboxylic acid groups (broad SMARTS) is 1. The second-order valence-corrected chi connectivity index (χ2v) is 5.59. The summed E-state index contributed by atoms with van der Waals surface area (Å²) in [4.78, 5) is 27.4. The number of rotatable bonds is 5. The number of carbonyl (C=O) groups is 2. The van der Waals surface area contributed by atoms with Crippen LogP contribution in [0, 0.1) is 18.6 Å². The van der Waals surface area contributed by atoms with Gasteiger partial charge in [-0.3, -0.25) is 14.9 Å². The van der Waals surface area contributed by atoms with E-state index in [-0.39, 0.29) is 17.1 Å². The second kappa shape index (κ2) is 6.61. The Labute approximate surface area is 128 Å². The Morgan fingerprint density at radius 3 is 2.68 bits per heavy atom. The van der Waals surface area contributed by atoms with E-state index in [1.807, 2.05) is 0 Å². The van der Waals surface area contributed by atoms with E-state index in [4.69, 9.17) is 5.11 Å². The van der Waals surface area contributed by atoms with Crippen LogP contribution in [0.4, 0.5) is 13.9 Å². The van der Waals surface area contributed by atoms with Crippen molar-refractivity contribution in [1.29, 1.82) is 0 Å². The summed E-state index contributed by atoms with van der Waals surface area (Å²) in [5.41, 5.74) is 0.602. The molecule has 0 spiro atoms. The molecule has 0 radical (unpaired) electrons. The van der Waals surface area contributed by atoms with Gasteiger partial charge in [0.15, 0.2) is 16.8 Å². The zero-order valence-electron chi connectivity index (χ0n) is 11.5. The highest BCUT2D eigenvalue weighted by Gasteiger charge is 2.14. The van der Waals surface area contributed by atoms with Gasteiger partial charge in [0.25, 0.3) is 5.91 Å². The van der Waals surface area contributed by atoms with Crippen molar-refractivity contribution in [1.82, 2.24) is 4.98 Å². The van der Waals surface area contributed by atoms with Crippen LogP contribution in [0.2, 0.25) is 0 Å². The summed E-state index contributed by atoms with van der Waals surface area (Å²) in [5.74, 6) is -3.67. The van der Waals surface area contributed by atoms with Crippen molar-refractivity contribution in [2.45, 2.75) is 19.8 Å². The van der Waals surface area contributed by atoms with Crippen LogP contribution in [0.5, 0.6) is 0 Å². The number of aryl methyl sites for hydroxylation is 2. The minimum atomic E-state index is -1.11. The maximum absolute atomic E-state index is 13.1. The molecule has 2 aromatic rings. The standard InChI is InChI=1S/C14H12F2N2O3S/c1-7-11(4-5-12(19)20)22-14(17-7)18-13(21)8-2-3-9(15)10(16)6-8/h2-3,6H,4-5H2,1H3,(H,19,20)(H,17,18,21). The van der Waals surface area contributed by atoms with E-state index < -0.39 is 23.5 Å². The quantitative estimate of drug-likeness (QED) is 0.885. The number of anilines is 1. The number of hydrogen-bond acceptors (Lipinski definition) is 4. The van der Waals surface area contributed by atoms with Gasteiger partial charge in [0.1, 0.15) is 0 Å². The largest absolute Gasteiger partial charge is 0.481 e. The number of aromatic nitrogens is 1. The SMILES string of the molecule is Cc1nc(NC(=O)c2ccc(F)c(F)c2)sc1CCC(=O)O. The van der Waals surface area contributed by atoms with Crippen LogP contribution >= 0.6 is 11.3 Å². The van der Waals surface area contributed by atoms with Gasteiger partial charge in [-0.1, -0.05) is 0 Å². The molecule has 22 heavy (non-hydrogen) atoms. The number of nitrogens with one attached hydrogen (secondary N) is 1. The van der Waals surface area contributed by atoms with Gasteiger partial charge in [0.2, 0.25) is 0 Å². The maximum Gasteiger partial charge on any atom is 0.303 e. The number of carbonyl (C=O) groups excluding carboxylic acids is 1. The van der Waals surface area contributed by atoms with Gasteiger partial charge in [-0.2, -0.15) is 0 Å². The van der Waals surface area contributed by atoms with E-state index >= 15 is 0 Å². The Morgan fingerprint density at radius 2 is 2.05 bits per heavy atom. The average Bonchev–Trinajstić information content (AvgIpc) is 2.79. The fourth-order valence-corrected chi connectivity index (χ4v) is 2.70. The summed E-state index contributed by atoms with van der Waals surface area (Å²) >= 11 is 1.16. The molecule has 2 rings (SSSR count). The minimum absolute atomic E-state index is 0.0282. The Hall–Kier alpha value is -2.35. The first kappa shape index (κ1) is 16.0. The van der Waals surface area contributed by atoms with Gasteiger partial charge >= 0.3 is 5.97 Å². The summed E-state index contributed by atoms with van der Waals surface area (Å²) < 4.78 is 25.9. The molecule has 0 fully saturated rings. The third-order valence-corrected chi connectivity index (χ3v) is 3.99. The first-order chi connectivity index (χ1) is 10.4. The monoisotopic (exact) mass is 326 g/mol. The van der Waals surface area contributed by atoms with E-state index in [0.29, 0.717) is 12.1 Å². The summed E-state index contributed by atoms with van der Waals surface area (Å²) in [7, 11) is 0. The van der Waals surface area contributed by atoms with Crippen LogP contribution in [0.1, 0.15) is 27.3 Å². The molecule has 1 aromatic heterocycles. The lowest BCUT2D eigenvalue weighted by Gasteiger charge is -2.02. The van der Waals surface area contributed by atoms with E-state index in [2.05, 4.69) is 10.3 Å². The lowest BCUT2D eigenvalue weighted by Crippen LogP contribution is -2.12. The van der Waals surface area contributed by atoms with Gasteiger partial charge in [0.05, 0.1) is 12.1 Å². The normalized spacial score (nSPS) is 10.5. The van der Waals surface area contributed by atoms with Crippen molar-refractivity contribution in [3.63, 3.8) is 0 Å². The smallest absolute Gasteiger partial charge is 0.303 e. The van der Waals surface area contributed by atoms with Crippen LogP contribution < -0.4 is 5.32 Å². The molecular weight excluding hydrogens is 314 g/mol. The predicted molar refractivity (Wildman–Crippen MR) is 77.1 cm³/mol. The van der Waals surface area contributed by atoms with E-state index in [1.54, 1.807) is 6.92 Å². The molecule has 1 amide bonds. The van der Waals surface area contributed by atoms with Gasteiger partial charge in [-0.15, -0.1) is 11.3 Å². The van der Waals surface area contributed by atoms with Crippen LogP contribution in [0.25, 0.3) is 0 Å². The third kappa shape index (κ3) is 3.85. The topological polar surface area (TPSA) is 79.3 Å². The third-order valence-electron chi connectivity index (χ3n) is 2.86. The molecule has 5 nitrogen and oxygen atoms in total. The number of hydrogen-bond donors (Lipinski definition) is 2. The van der Waals surface area contributed by atoms with Gasteiger partial charge in [0, 0.05) is 10.4 Å². The van der Waals surface area contributed by atoms with Crippen molar-refractivity contribution >= 4 is 28.3 Å². The summed E-state index contributed by atoms with van der Waals surface area (Å²) in [5, 5.41) is 11.4. The second-order valence-electron chi connectivity index (χ2n) is 4.50.